The smallest absolute Gasteiger partial charge is 0.275 e. The minimum absolute atomic E-state index is 0.226. The molecular weight excluding hydrogens is 251 g/mol. The van der Waals surface area contributed by atoms with E-state index in [0.29, 0.717) is 19.4 Å². The van der Waals surface area contributed by atoms with Gasteiger partial charge in [0.05, 0.1) is 6.04 Å². The average molecular weight is 273 g/mol. The number of nitrogens with two attached hydrogens (primary N) is 2. The third kappa shape index (κ3) is 2.72. The summed E-state index contributed by atoms with van der Waals surface area (Å²) in [7, 11) is -1.96. The van der Waals surface area contributed by atoms with E-state index in [4.69, 9.17) is 11.6 Å². The van der Waals surface area contributed by atoms with Crippen molar-refractivity contribution in [3.63, 3.8) is 0 Å². The van der Waals surface area contributed by atoms with Crippen LogP contribution in [0.25, 0.3) is 0 Å². The standard InChI is InChI=1S/C11H22N4O2P/c12-11(7-4-8-15(13)10(11)16)18(17)14-9-5-2-1-3-6-9/h9H,1-8,12-13H2,(H,14,17)/q+1/t11-/m0/s1. The van der Waals surface area contributed by atoms with Crippen LogP contribution in [0, 0.1) is 0 Å². The summed E-state index contributed by atoms with van der Waals surface area (Å²) in [6, 6.07) is 0.226. The SMILES string of the molecule is NN1CCC[C@](N)([P+](=O)NC2CCCCC2)C1=O. The maximum atomic E-state index is 12.4. The van der Waals surface area contributed by atoms with Gasteiger partial charge in [0.2, 0.25) is 0 Å². The van der Waals surface area contributed by atoms with Gasteiger partial charge in [0, 0.05) is 13.0 Å². The Morgan fingerprint density at radius 3 is 2.61 bits per heavy atom. The summed E-state index contributed by atoms with van der Waals surface area (Å²) in [5.74, 6) is 5.17. The number of carbonyl (C=O) groups is 1. The Balaban J connectivity index is 1.99. The molecule has 102 valence electrons. The van der Waals surface area contributed by atoms with Gasteiger partial charge in [0.25, 0.3) is 0 Å². The van der Waals surface area contributed by atoms with Gasteiger partial charge in [-0.25, -0.2) is 5.84 Å². The number of piperidine rings is 1. The number of nitrogens with zero attached hydrogens (tertiary/aromatic N) is 1. The first kappa shape index (κ1) is 13.9. The van der Waals surface area contributed by atoms with Crippen molar-refractivity contribution in [3.8, 4) is 0 Å². The summed E-state index contributed by atoms with van der Waals surface area (Å²) >= 11 is 0. The largest absolute Gasteiger partial charge is 0.464 e. The van der Waals surface area contributed by atoms with Gasteiger partial charge >= 0.3 is 19.1 Å². The van der Waals surface area contributed by atoms with Gasteiger partial charge in [0.1, 0.15) is 0 Å². The Labute approximate surface area is 108 Å². The molecule has 1 aliphatic carbocycles. The quantitative estimate of drug-likeness (QED) is 0.401. The summed E-state index contributed by atoms with van der Waals surface area (Å²) in [6.45, 7) is 0.490. The fourth-order valence-electron chi connectivity index (χ4n) is 2.68. The van der Waals surface area contributed by atoms with Crippen molar-refractivity contribution in [2.75, 3.05) is 6.54 Å². The highest BCUT2D eigenvalue weighted by Gasteiger charge is 2.57. The van der Waals surface area contributed by atoms with Gasteiger partial charge in [-0.15, -0.1) is 5.09 Å². The molecule has 1 heterocycles. The van der Waals surface area contributed by atoms with Crippen molar-refractivity contribution in [2.45, 2.75) is 56.3 Å². The van der Waals surface area contributed by atoms with E-state index < -0.39 is 19.1 Å². The minimum atomic E-state index is -1.96. The van der Waals surface area contributed by atoms with Crippen LogP contribution >= 0.6 is 7.95 Å². The Morgan fingerprint density at radius 2 is 1.94 bits per heavy atom. The first-order chi connectivity index (χ1) is 8.54. The van der Waals surface area contributed by atoms with Crippen molar-refractivity contribution < 1.29 is 9.36 Å². The molecule has 6 nitrogen and oxygen atoms in total. The Kier molecular flexibility index (Phi) is 4.33. The monoisotopic (exact) mass is 273 g/mol. The third-order valence-electron chi connectivity index (χ3n) is 3.86. The van der Waals surface area contributed by atoms with Crippen molar-refractivity contribution in [1.82, 2.24) is 10.1 Å². The maximum absolute atomic E-state index is 12.4. The van der Waals surface area contributed by atoms with E-state index in [0.717, 1.165) is 30.7 Å². The van der Waals surface area contributed by atoms with Crippen LogP contribution in [0.15, 0.2) is 0 Å². The van der Waals surface area contributed by atoms with E-state index in [1.165, 1.54) is 6.42 Å². The zero-order valence-electron chi connectivity index (χ0n) is 10.6. The van der Waals surface area contributed by atoms with Gasteiger partial charge in [-0.1, -0.05) is 19.3 Å². The first-order valence-electron chi connectivity index (χ1n) is 6.63. The molecule has 0 aromatic heterocycles. The Hall–Kier alpha value is -0.550. The summed E-state index contributed by atoms with van der Waals surface area (Å²) in [4.78, 5) is 12.0. The third-order valence-corrected chi connectivity index (χ3v) is 5.59. The van der Waals surface area contributed by atoms with E-state index in [1.807, 2.05) is 0 Å². The molecule has 0 radical (unpaired) electrons. The summed E-state index contributed by atoms with van der Waals surface area (Å²) in [5.41, 5.74) is 6.04. The van der Waals surface area contributed by atoms with Crippen LogP contribution in [0.5, 0.6) is 0 Å². The molecule has 2 aliphatic rings. The average Bonchev–Trinajstić information content (AvgIpc) is 2.37. The van der Waals surface area contributed by atoms with E-state index in [2.05, 4.69) is 5.09 Å². The van der Waals surface area contributed by atoms with Crippen molar-refractivity contribution >= 4 is 13.9 Å². The zero-order valence-corrected chi connectivity index (χ0v) is 11.5. The van der Waals surface area contributed by atoms with E-state index >= 15 is 0 Å². The molecule has 1 aliphatic heterocycles. The normalized spacial score (nSPS) is 31.6. The van der Waals surface area contributed by atoms with Crippen molar-refractivity contribution in [1.29, 1.82) is 0 Å². The van der Waals surface area contributed by atoms with E-state index in [1.54, 1.807) is 0 Å². The predicted octanol–water partition coefficient (Wildman–Crippen LogP) is 0.802. The molecule has 1 saturated carbocycles. The molecule has 0 aromatic carbocycles. The van der Waals surface area contributed by atoms with Gasteiger partial charge in [-0.05, 0) is 23.8 Å². The van der Waals surface area contributed by atoms with Gasteiger partial charge < -0.3 is 0 Å². The lowest BCUT2D eigenvalue weighted by molar-refractivity contribution is -0.136. The molecule has 7 heteroatoms. The summed E-state index contributed by atoms with van der Waals surface area (Å²) < 4.78 is 12.4. The predicted molar refractivity (Wildman–Crippen MR) is 69.7 cm³/mol. The summed E-state index contributed by atoms with van der Waals surface area (Å²) in [5, 5.41) is 2.84. The van der Waals surface area contributed by atoms with Crippen molar-refractivity contribution in [2.24, 2.45) is 11.6 Å². The molecular formula is C11H22N4O2P+. The van der Waals surface area contributed by atoms with Crippen LogP contribution in [0.2, 0.25) is 0 Å². The minimum Gasteiger partial charge on any atom is -0.275 e. The second-order valence-corrected chi connectivity index (χ2v) is 6.93. The van der Waals surface area contributed by atoms with Gasteiger partial charge in [-0.3, -0.25) is 15.5 Å². The number of hydrazine groups is 1. The lowest BCUT2D eigenvalue weighted by atomic mass is 9.96. The second-order valence-electron chi connectivity index (χ2n) is 5.28. The molecule has 0 spiro atoms. The molecule has 18 heavy (non-hydrogen) atoms. The number of hydrogen-bond acceptors (Lipinski definition) is 4. The van der Waals surface area contributed by atoms with E-state index in [-0.39, 0.29) is 6.04 Å². The number of nitrogens with one attached hydrogen (secondary N) is 1. The molecule has 2 rings (SSSR count). The number of hydrogen-bond donors (Lipinski definition) is 3. The highest BCUT2D eigenvalue weighted by Crippen LogP contribution is 2.40. The second kappa shape index (κ2) is 5.61. The lowest BCUT2D eigenvalue weighted by Gasteiger charge is -2.30. The molecule has 1 unspecified atom stereocenters. The van der Waals surface area contributed by atoms with Crippen LogP contribution < -0.4 is 16.7 Å². The molecule has 5 N–H and O–H groups in total. The number of amides is 1. The molecule has 2 atom stereocenters. The molecule has 0 aromatic rings. The van der Waals surface area contributed by atoms with Crippen molar-refractivity contribution in [3.05, 3.63) is 0 Å². The Bertz CT molecular complexity index is 346. The fourth-order valence-corrected chi connectivity index (χ4v) is 4.16. The lowest BCUT2D eigenvalue weighted by Crippen LogP contribution is -2.60. The molecule has 1 saturated heterocycles. The van der Waals surface area contributed by atoms with Crippen LogP contribution in [0.3, 0.4) is 0 Å². The number of carbonyl (C=O) groups excluding carboxylic acids is 1. The van der Waals surface area contributed by atoms with E-state index in [9.17, 15) is 9.36 Å². The molecule has 0 bridgehead atoms. The maximum Gasteiger partial charge on any atom is 0.464 e. The summed E-state index contributed by atoms with van der Waals surface area (Å²) in [6.07, 6.45) is 6.69. The zero-order chi connectivity index (χ0) is 13.2. The van der Waals surface area contributed by atoms with Crippen LogP contribution in [-0.2, 0) is 9.36 Å². The Morgan fingerprint density at radius 1 is 1.28 bits per heavy atom. The van der Waals surface area contributed by atoms with Crippen LogP contribution in [-0.4, -0.2) is 28.8 Å². The molecule has 1 amide bonds. The fraction of sp³-hybridized carbons (Fsp3) is 0.909. The van der Waals surface area contributed by atoms with Gasteiger partial charge in [-0.2, -0.15) is 0 Å². The van der Waals surface area contributed by atoms with Crippen LogP contribution in [0.4, 0.5) is 0 Å². The number of rotatable bonds is 3. The highest BCUT2D eigenvalue weighted by atomic mass is 31.1. The first-order valence-corrected chi connectivity index (χ1v) is 7.89. The van der Waals surface area contributed by atoms with Crippen LogP contribution in [0.1, 0.15) is 44.9 Å². The molecule has 2 fully saturated rings. The van der Waals surface area contributed by atoms with Gasteiger partial charge in [0.15, 0.2) is 0 Å². The highest BCUT2D eigenvalue weighted by molar-refractivity contribution is 7.45. The topological polar surface area (TPSA) is 101 Å².